The highest BCUT2D eigenvalue weighted by molar-refractivity contribution is 5.74. The van der Waals surface area contributed by atoms with Crippen molar-refractivity contribution in [3.63, 3.8) is 0 Å². The molecule has 1 saturated heterocycles. The van der Waals surface area contributed by atoms with E-state index in [9.17, 15) is 0 Å². The first-order valence-corrected chi connectivity index (χ1v) is 7.88. The Kier molecular flexibility index (Phi) is 4.31. The predicted octanol–water partition coefficient (Wildman–Crippen LogP) is 2.77. The molecule has 0 amide bonds. The fourth-order valence-corrected chi connectivity index (χ4v) is 3.20. The third-order valence-corrected chi connectivity index (χ3v) is 4.25. The third kappa shape index (κ3) is 2.85. The highest BCUT2D eigenvalue weighted by atomic mass is 15.1. The maximum absolute atomic E-state index is 4.80. The summed E-state index contributed by atoms with van der Waals surface area (Å²) >= 11 is 0. The average molecular weight is 272 g/mol. The quantitative estimate of drug-likeness (QED) is 0.910. The Hall–Kier alpha value is -1.42. The largest absolute Gasteiger partial charge is 0.328 e. The maximum atomic E-state index is 4.80. The topological polar surface area (TPSA) is 42.7 Å². The average Bonchev–Trinajstić information content (AvgIpc) is 2.85. The SMILES string of the molecule is CCCn1c(CCC2CCCNC2)nc2cnccc21. The van der Waals surface area contributed by atoms with Crippen LogP contribution in [-0.2, 0) is 13.0 Å². The molecule has 4 heteroatoms. The highest BCUT2D eigenvalue weighted by Crippen LogP contribution is 2.20. The summed E-state index contributed by atoms with van der Waals surface area (Å²) in [4.78, 5) is 8.99. The molecule has 4 nitrogen and oxygen atoms in total. The number of rotatable bonds is 5. The molecule has 1 unspecified atom stereocenters. The van der Waals surface area contributed by atoms with Crippen LogP contribution in [0.5, 0.6) is 0 Å². The molecule has 0 bridgehead atoms. The van der Waals surface area contributed by atoms with E-state index in [0.29, 0.717) is 0 Å². The standard InChI is InChI=1S/C16H24N4/c1-2-10-20-15-7-9-18-12-14(15)19-16(20)6-5-13-4-3-8-17-11-13/h7,9,12-13,17H,2-6,8,10-11H2,1H3. The van der Waals surface area contributed by atoms with Gasteiger partial charge in [0.05, 0.1) is 11.7 Å². The molecule has 108 valence electrons. The van der Waals surface area contributed by atoms with Gasteiger partial charge in [-0.05, 0) is 50.8 Å². The summed E-state index contributed by atoms with van der Waals surface area (Å²) in [5.74, 6) is 2.05. The van der Waals surface area contributed by atoms with Crippen molar-refractivity contribution in [1.29, 1.82) is 0 Å². The lowest BCUT2D eigenvalue weighted by atomic mass is 9.94. The Balaban J connectivity index is 1.77. The second-order valence-electron chi connectivity index (χ2n) is 5.80. The first-order chi connectivity index (χ1) is 9.88. The molecular weight excluding hydrogens is 248 g/mol. The van der Waals surface area contributed by atoms with Gasteiger partial charge in [-0.15, -0.1) is 0 Å². The number of nitrogens with zero attached hydrogens (tertiary/aromatic N) is 3. The molecule has 0 aromatic carbocycles. The minimum Gasteiger partial charge on any atom is -0.328 e. The van der Waals surface area contributed by atoms with Crippen LogP contribution in [0.25, 0.3) is 11.0 Å². The molecule has 20 heavy (non-hydrogen) atoms. The van der Waals surface area contributed by atoms with Crippen LogP contribution in [0.4, 0.5) is 0 Å². The summed E-state index contributed by atoms with van der Waals surface area (Å²) in [6.45, 7) is 5.65. The van der Waals surface area contributed by atoms with E-state index in [0.717, 1.165) is 30.8 Å². The third-order valence-electron chi connectivity index (χ3n) is 4.25. The van der Waals surface area contributed by atoms with Crippen molar-refractivity contribution in [2.75, 3.05) is 13.1 Å². The van der Waals surface area contributed by atoms with Gasteiger partial charge in [0, 0.05) is 19.2 Å². The molecule has 1 fully saturated rings. The first kappa shape index (κ1) is 13.6. The van der Waals surface area contributed by atoms with Crippen LogP contribution in [0.15, 0.2) is 18.5 Å². The van der Waals surface area contributed by atoms with Gasteiger partial charge < -0.3 is 9.88 Å². The Labute approximate surface area is 120 Å². The van der Waals surface area contributed by atoms with Gasteiger partial charge in [0.15, 0.2) is 0 Å². The summed E-state index contributed by atoms with van der Waals surface area (Å²) < 4.78 is 2.38. The minimum atomic E-state index is 0.816. The van der Waals surface area contributed by atoms with Crippen molar-refractivity contribution < 1.29 is 0 Å². The monoisotopic (exact) mass is 272 g/mol. The smallest absolute Gasteiger partial charge is 0.109 e. The molecular formula is C16H24N4. The Morgan fingerprint density at radius 1 is 1.45 bits per heavy atom. The number of aromatic nitrogens is 3. The van der Waals surface area contributed by atoms with Gasteiger partial charge in [0.1, 0.15) is 11.3 Å². The van der Waals surface area contributed by atoms with Gasteiger partial charge >= 0.3 is 0 Å². The van der Waals surface area contributed by atoms with Gasteiger partial charge in [-0.3, -0.25) is 4.98 Å². The molecule has 1 aliphatic heterocycles. The number of aryl methyl sites for hydroxylation is 2. The van der Waals surface area contributed by atoms with Crippen molar-refractivity contribution >= 4 is 11.0 Å². The zero-order valence-corrected chi connectivity index (χ0v) is 12.3. The summed E-state index contributed by atoms with van der Waals surface area (Å²) in [6.07, 6.45) is 9.90. The van der Waals surface area contributed by atoms with Crippen molar-refractivity contribution in [2.24, 2.45) is 5.92 Å². The molecule has 3 rings (SSSR count). The zero-order chi connectivity index (χ0) is 13.8. The summed E-state index contributed by atoms with van der Waals surface area (Å²) in [5.41, 5.74) is 2.27. The molecule has 3 heterocycles. The first-order valence-electron chi connectivity index (χ1n) is 7.88. The van der Waals surface area contributed by atoms with Gasteiger partial charge in [0.25, 0.3) is 0 Å². The van der Waals surface area contributed by atoms with Crippen LogP contribution < -0.4 is 5.32 Å². The van der Waals surface area contributed by atoms with Crippen molar-refractivity contribution in [2.45, 2.75) is 45.6 Å². The van der Waals surface area contributed by atoms with E-state index in [4.69, 9.17) is 4.98 Å². The number of pyridine rings is 1. The highest BCUT2D eigenvalue weighted by Gasteiger charge is 2.15. The molecule has 0 radical (unpaired) electrons. The van der Waals surface area contributed by atoms with Gasteiger partial charge in [-0.1, -0.05) is 6.92 Å². The summed E-state index contributed by atoms with van der Waals surface area (Å²) in [6, 6.07) is 2.09. The number of fused-ring (bicyclic) bond motifs is 1. The fraction of sp³-hybridized carbons (Fsp3) is 0.625. The lowest BCUT2D eigenvalue weighted by Gasteiger charge is -2.22. The van der Waals surface area contributed by atoms with Gasteiger partial charge in [-0.2, -0.15) is 0 Å². The lowest BCUT2D eigenvalue weighted by Crippen LogP contribution is -2.30. The van der Waals surface area contributed by atoms with E-state index in [1.54, 1.807) is 0 Å². The van der Waals surface area contributed by atoms with Crippen LogP contribution in [0.3, 0.4) is 0 Å². The van der Waals surface area contributed by atoms with E-state index in [-0.39, 0.29) is 0 Å². The molecule has 0 spiro atoms. The van der Waals surface area contributed by atoms with E-state index < -0.39 is 0 Å². The summed E-state index contributed by atoms with van der Waals surface area (Å²) in [5, 5.41) is 3.50. The van der Waals surface area contributed by atoms with E-state index in [2.05, 4.69) is 27.9 Å². The van der Waals surface area contributed by atoms with E-state index in [1.165, 1.54) is 43.7 Å². The number of piperidine rings is 1. The molecule has 0 saturated carbocycles. The van der Waals surface area contributed by atoms with Crippen molar-refractivity contribution in [1.82, 2.24) is 19.9 Å². The number of nitrogens with one attached hydrogen (secondary N) is 1. The van der Waals surface area contributed by atoms with Crippen LogP contribution in [-0.4, -0.2) is 27.6 Å². The van der Waals surface area contributed by atoms with Crippen LogP contribution in [0, 0.1) is 5.92 Å². The van der Waals surface area contributed by atoms with E-state index in [1.807, 2.05) is 12.4 Å². The molecule has 2 aromatic rings. The summed E-state index contributed by atoms with van der Waals surface area (Å²) in [7, 11) is 0. The normalized spacial score (nSPS) is 19.6. The Bertz CT molecular complexity index is 555. The minimum absolute atomic E-state index is 0.816. The molecule has 1 aliphatic rings. The van der Waals surface area contributed by atoms with Crippen LogP contribution >= 0.6 is 0 Å². The zero-order valence-electron chi connectivity index (χ0n) is 12.3. The lowest BCUT2D eigenvalue weighted by molar-refractivity contribution is 0.354. The van der Waals surface area contributed by atoms with E-state index >= 15 is 0 Å². The molecule has 2 aromatic heterocycles. The Morgan fingerprint density at radius 2 is 2.40 bits per heavy atom. The second-order valence-corrected chi connectivity index (χ2v) is 5.80. The second kappa shape index (κ2) is 6.35. The van der Waals surface area contributed by atoms with Gasteiger partial charge in [0.2, 0.25) is 0 Å². The molecule has 1 atom stereocenters. The fourth-order valence-electron chi connectivity index (χ4n) is 3.20. The molecule has 1 N–H and O–H groups in total. The maximum Gasteiger partial charge on any atom is 0.109 e. The molecule has 0 aliphatic carbocycles. The van der Waals surface area contributed by atoms with Crippen molar-refractivity contribution in [3.05, 3.63) is 24.3 Å². The predicted molar refractivity (Wildman–Crippen MR) is 81.7 cm³/mol. The number of hydrogen-bond acceptors (Lipinski definition) is 3. The number of hydrogen-bond donors (Lipinski definition) is 1. The van der Waals surface area contributed by atoms with Gasteiger partial charge in [-0.25, -0.2) is 4.98 Å². The van der Waals surface area contributed by atoms with Crippen molar-refractivity contribution in [3.8, 4) is 0 Å². The Morgan fingerprint density at radius 3 is 3.20 bits per heavy atom. The number of imidazole rings is 1. The van der Waals surface area contributed by atoms with Crippen LogP contribution in [0.2, 0.25) is 0 Å². The van der Waals surface area contributed by atoms with Crippen LogP contribution in [0.1, 0.15) is 38.4 Å².